The van der Waals surface area contributed by atoms with Gasteiger partial charge in [-0.25, -0.2) is 0 Å². The van der Waals surface area contributed by atoms with Crippen LogP contribution in [0.25, 0.3) is 0 Å². The van der Waals surface area contributed by atoms with Crippen molar-refractivity contribution in [2.45, 2.75) is 33.6 Å². The second kappa shape index (κ2) is 5.53. The minimum Gasteiger partial charge on any atom is -0.481 e. The van der Waals surface area contributed by atoms with E-state index in [0.717, 1.165) is 0 Å². The molecule has 14 heavy (non-hydrogen) atoms. The van der Waals surface area contributed by atoms with Gasteiger partial charge < -0.3 is 5.11 Å². The number of rotatable bonds is 4. The molecule has 0 radical (unpaired) electrons. The van der Waals surface area contributed by atoms with E-state index in [-0.39, 0.29) is 17.7 Å². The molecule has 4 nitrogen and oxygen atoms in total. The smallest absolute Gasteiger partial charge is 0.307 e. The van der Waals surface area contributed by atoms with Crippen LogP contribution in [0.3, 0.4) is 0 Å². The first kappa shape index (κ1) is 13.7. The molecule has 0 aliphatic heterocycles. The fourth-order valence-corrected chi connectivity index (χ4v) is 1.47. The molecular formula is C9H16INO3. The van der Waals surface area contributed by atoms with Crippen LogP contribution < -0.4 is 3.53 Å². The second-order valence-electron chi connectivity index (χ2n) is 4.52. The molecule has 2 N–H and O–H groups in total. The van der Waals surface area contributed by atoms with Gasteiger partial charge in [0.1, 0.15) is 0 Å². The van der Waals surface area contributed by atoms with E-state index in [0.29, 0.717) is 6.42 Å². The lowest BCUT2D eigenvalue weighted by Crippen LogP contribution is -2.26. The zero-order valence-electron chi connectivity index (χ0n) is 8.63. The summed E-state index contributed by atoms with van der Waals surface area (Å²) in [7, 11) is 0. The summed E-state index contributed by atoms with van der Waals surface area (Å²) in [5.41, 5.74) is -0.0748. The second-order valence-corrected chi connectivity index (χ2v) is 5.06. The Bertz CT molecular complexity index is 223. The van der Waals surface area contributed by atoms with Crippen LogP contribution in [0.4, 0.5) is 0 Å². The van der Waals surface area contributed by atoms with Crippen molar-refractivity contribution < 1.29 is 14.7 Å². The van der Waals surface area contributed by atoms with Crippen LogP contribution in [0.5, 0.6) is 0 Å². The van der Waals surface area contributed by atoms with Crippen molar-refractivity contribution in [2.24, 2.45) is 11.3 Å². The Kier molecular flexibility index (Phi) is 5.40. The molecule has 0 aliphatic rings. The summed E-state index contributed by atoms with van der Waals surface area (Å²) in [6.07, 6.45) is 0.557. The highest BCUT2D eigenvalue weighted by atomic mass is 127. The zero-order valence-corrected chi connectivity index (χ0v) is 10.8. The predicted molar refractivity (Wildman–Crippen MR) is 62.0 cm³/mol. The maximum atomic E-state index is 11.0. The maximum Gasteiger partial charge on any atom is 0.307 e. The van der Waals surface area contributed by atoms with Gasteiger partial charge in [0, 0.05) is 6.42 Å². The Labute approximate surface area is 97.9 Å². The van der Waals surface area contributed by atoms with Crippen LogP contribution in [0.1, 0.15) is 33.6 Å². The van der Waals surface area contributed by atoms with Crippen molar-refractivity contribution in [3.63, 3.8) is 0 Å². The van der Waals surface area contributed by atoms with Gasteiger partial charge in [-0.15, -0.1) is 0 Å². The number of hydrogen-bond donors (Lipinski definition) is 2. The SMILES string of the molecule is CC(C)(C)CC(CC(=O)NI)C(=O)O. The molecule has 1 unspecified atom stereocenters. The summed E-state index contributed by atoms with van der Waals surface area (Å²) >= 11 is 1.72. The number of amides is 1. The van der Waals surface area contributed by atoms with Crippen LogP contribution >= 0.6 is 22.9 Å². The Morgan fingerprint density at radius 2 is 1.93 bits per heavy atom. The lowest BCUT2D eigenvalue weighted by Gasteiger charge is -2.22. The Hall–Kier alpha value is -0.330. The normalized spacial score (nSPS) is 13.4. The minimum atomic E-state index is -0.903. The lowest BCUT2D eigenvalue weighted by atomic mass is 9.83. The highest BCUT2D eigenvalue weighted by Gasteiger charge is 2.26. The molecule has 0 aromatic heterocycles. The van der Waals surface area contributed by atoms with E-state index < -0.39 is 11.9 Å². The monoisotopic (exact) mass is 313 g/mol. The Morgan fingerprint density at radius 3 is 2.21 bits per heavy atom. The predicted octanol–water partition coefficient (Wildman–Crippen LogP) is 1.98. The molecule has 0 spiro atoms. The summed E-state index contributed by atoms with van der Waals surface area (Å²) in [5.74, 6) is -1.73. The van der Waals surface area contributed by atoms with E-state index in [9.17, 15) is 9.59 Å². The van der Waals surface area contributed by atoms with Crippen LogP contribution in [0.2, 0.25) is 0 Å². The number of nitrogens with one attached hydrogen (secondary N) is 1. The van der Waals surface area contributed by atoms with Crippen LogP contribution in [0, 0.1) is 11.3 Å². The number of halogens is 1. The van der Waals surface area contributed by atoms with Crippen LogP contribution in [0.15, 0.2) is 0 Å². The number of carbonyl (C=O) groups is 2. The number of hydrogen-bond acceptors (Lipinski definition) is 2. The van der Waals surface area contributed by atoms with E-state index in [2.05, 4.69) is 3.53 Å². The summed E-state index contributed by atoms with van der Waals surface area (Å²) < 4.78 is 2.40. The fourth-order valence-electron chi connectivity index (χ4n) is 1.25. The van der Waals surface area contributed by atoms with Crippen molar-refractivity contribution in [1.82, 2.24) is 3.53 Å². The van der Waals surface area contributed by atoms with Gasteiger partial charge in [-0.3, -0.25) is 13.1 Å². The molecule has 0 rings (SSSR count). The average Bonchev–Trinajstić information content (AvgIpc) is 2.00. The van der Waals surface area contributed by atoms with Gasteiger partial charge in [0.25, 0.3) is 0 Å². The molecule has 5 heteroatoms. The van der Waals surface area contributed by atoms with Crippen molar-refractivity contribution in [2.75, 3.05) is 0 Å². The van der Waals surface area contributed by atoms with E-state index in [1.807, 2.05) is 20.8 Å². The molecule has 0 heterocycles. The largest absolute Gasteiger partial charge is 0.481 e. The van der Waals surface area contributed by atoms with Gasteiger partial charge in [0.15, 0.2) is 0 Å². The quantitative estimate of drug-likeness (QED) is 0.616. The molecule has 0 bridgehead atoms. The van der Waals surface area contributed by atoms with Crippen molar-refractivity contribution in [1.29, 1.82) is 0 Å². The van der Waals surface area contributed by atoms with Crippen molar-refractivity contribution in [3.8, 4) is 0 Å². The summed E-state index contributed by atoms with van der Waals surface area (Å²) in [4.78, 5) is 21.9. The summed E-state index contributed by atoms with van der Waals surface area (Å²) in [5, 5.41) is 8.90. The molecule has 0 saturated heterocycles. The lowest BCUT2D eigenvalue weighted by molar-refractivity contribution is -0.144. The highest BCUT2D eigenvalue weighted by molar-refractivity contribution is 14.1. The molecule has 0 saturated carbocycles. The van der Waals surface area contributed by atoms with Crippen molar-refractivity contribution in [3.05, 3.63) is 0 Å². The van der Waals surface area contributed by atoms with Gasteiger partial charge in [0.05, 0.1) is 28.8 Å². The molecule has 1 atom stereocenters. The van der Waals surface area contributed by atoms with Gasteiger partial charge in [-0.1, -0.05) is 20.8 Å². The third kappa shape index (κ3) is 6.17. The average molecular weight is 313 g/mol. The van der Waals surface area contributed by atoms with E-state index >= 15 is 0 Å². The van der Waals surface area contributed by atoms with Gasteiger partial charge in [0.2, 0.25) is 5.91 Å². The van der Waals surface area contributed by atoms with Gasteiger partial charge >= 0.3 is 5.97 Å². The highest BCUT2D eigenvalue weighted by Crippen LogP contribution is 2.26. The van der Waals surface area contributed by atoms with Gasteiger partial charge in [-0.05, 0) is 11.8 Å². The Balaban J connectivity index is 4.31. The standard InChI is InChI=1S/C9H16INO3/c1-9(2,3)5-6(8(13)14)4-7(12)11-10/h6H,4-5H2,1-3H3,(H,11,12)(H,13,14). The molecule has 1 amide bonds. The van der Waals surface area contributed by atoms with Crippen LogP contribution in [-0.2, 0) is 9.59 Å². The third-order valence-electron chi connectivity index (χ3n) is 1.75. The molecule has 82 valence electrons. The third-order valence-corrected chi connectivity index (χ3v) is 2.35. The summed E-state index contributed by atoms with van der Waals surface area (Å²) in [6.45, 7) is 5.89. The molecule has 0 fully saturated rings. The number of carboxylic acid groups (broad SMARTS) is 1. The van der Waals surface area contributed by atoms with Crippen molar-refractivity contribution >= 4 is 34.7 Å². The number of carboxylic acids is 1. The number of carbonyl (C=O) groups excluding carboxylic acids is 1. The molecule has 0 aromatic rings. The first-order valence-electron chi connectivity index (χ1n) is 4.38. The Morgan fingerprint density at radius 1 is 1.43 bits per heavy atom. The molecule has 0 aliphatic carbocycles. The van der Waals surface area contributed by atoms with Gasteiger partial charge in [-0.2, -0.15) is 0 Å². The minimum absolute atomic E-state index is 0.0511. The number of aliphatic carboxylic acids is 1. The maximum absolute atomic E-state index is 11.0. The summed E-state index contributed by atoms with van der Waals surface area (Å²) in [6, 6.07) is 0. The zero-order chi connectivity index (χ0) is 11.4. The topological polar surface area (TPSA) is 66.4 Å². The fraction of sp³-hybridized carbons (Fsp3) is 0.778. The van der Waals surface area contributed by atoms with E-state index in [4.69, 9.17) is 5.11 Å². The van der Waals surface area contributed by atoms with Crippen LogP contribution in [-0.4, -0.2) is 17.0 Å². The first-order chi connectivity index (χ1) is 6.26. The molecule has 0 aromatic carbocycles. The first-order valence-corrected chi connectivity index (χ1v) is 5.46. The van der Waals surface area contributed by atoms with E-state index in [1.54, 1.807) is 22.9 Å². The molecular weight excluding hydrogens is 297 g/mol. The van der Waals surface area contributed by atoms with E-state index in [1.165, 1.54) is 0 Å².